The monoisotopic (exact) mass is 298 g/mol. The molecule has 0 saturated heterocycles. The van der Waals surface area contributed by atoms with Crippen molar-refractivity contribution in [3.05, 3.63) is 34.9 Å². The number of hydrogen-bond acceptors (Lipinski definition) is 3. The van der Waals surface area contributed by atoms with Gasteiger partial charge in [-0.15, -0.1) is 0 Å². The summed E-state index contributed by atoms with van der Waals surface area (Å²) in [5, 5.41) is 14.8. The molecule has 1 aromatic carbocycles. The molecule has 1 atom stereocenters. The third-order valence-electron chi connectivity index (χ3n) is 2.64. The van der Waals surface area contributed by atoms with Gasteiger partial charge in [-0.25, -0.2) is 0 Å². The third kappa shape index (κ3) is 6.54. The van der Waals surface area contributed by atoms with Gasteiger partial charge >= 0.3 is 0 Å². The zero-order valence-corrected chi connectivity index (χ0v) is 12.1. The fourth-order valence-corrected chi connectivity index (χ4v) is 1.68. The maximum Gasteiger partial charge on any atom is 0.251 e. The Hall–Kier alpha value is -1.59. The lowest BCUT2D eigenvalue weighted by atomic mass is 10.2. The first-order valence-electron chi connectivity index (χ1n) is 6.47. The summed E-state index contributed by atoms with van der Waals surface area (Å²) in [6, 6.07) is 6.43. The number of rotatable bonds is 7. The van der Waals surface area contributed by atoms with Crippen LogP contribution in [0.1, 0.15) is 30.1 Å². The Balaban J connectivity index is 2.23. The van der Waals surface area contributed by atoms with E-state index in [1.807, 2.05) is 0 Å². The number of benzene rings is 1. The van der Waals surface area contributed by atoms with Crippen molar-refractivity contribution in [2.24, 2.45) is 0 Å². The molecule has 2 amide bonds. The molecule has 1 unspecified atom stereocenters. The molecule has 0 aromatic heterocycles. The van der Waals surface area contributed by atoms with E-state index in [-0.39, 0.29) is 24.5 Å². The van der Waals surface area contributed by atoms with Crippen molar-refractivity contribution in [2.75, 3.05) is 13.1 Å². The van der Waals surface area contributed by atoms with Gasteiger partial charge in [0.1, 0.15) is 0 Å². The minimum atomic E-state index is -0.364. The average Bonchev–Trinajstić information content (AvgIpc) is 2.41. The minimum absolute atomic E-state index is 0.0733. The second-order valence-corrected chi connectivity index (χ2v) is 4.97. The van der Waals surface area contributed by atoms with Gasteiger partial charge in [-0.1, -0.05) is 11.6 Å². The summed E-state index contributed by atoms with van der Waals surface area (Å²) in [6.07, 6.45) is 0.975. The number of carbonyl (C=O) groups excluding carboxylic acids is 2. The molecule has 1 rings (SSSR count). The van der Waals surface area contributed by atoms with Gasteiger partial charge in [-0.2, -0.15) is 0 Å². The Bertz CT molecular complexity index is 446. The highest BCUT2D eigenvalue weighted by atomic mass is 35.5. The van der Waals surface area contributed by atoms with Crippen LogP contribution in [0.15, 0.2) is 24.3 Å². The average molecular weight is 299 g/mol. The van der Waals surface area contributed by atoms with Crippen molar-refractivity contribution in [3.63, 3.8) is 0 Å². The SMILES string of the molecule is CC(O)CCCNC(=O)CNC(=O)c1ccc(Cl)cc1. The Morgan fingerprint density at radius 2 is 1.90 bits per heavy atom. The molecule has 0 aliphatic heterocycles. The molecular weight excluding hydrogens is 280 g/mol. The van der Waals surface area contributed by atoms with Crippen LogP contribution < -0.4 is 10.6 Å². The van der Waals surface area contributed by atoms with Gasteiger partial charge in [0.15, 0.2) is 0 Å². The van der Waals surface area contributed by atoms with Crippen LogP contribution in [0.4, 0.5) is 0 Å². The summed E-state index contributed by atoms with van der Waals surface area (Å²) < 4.78 is 0. The van der Waals surface area contributed by atoms with Crippen LogP contribution in [0.25, 0.3) is 0 Å². The van der Waals surface area contributed by atoms with E-state index >= 15 is 0 Å². The number of halogens is 1. The van der Waals surface area contributed by atoms with Gasteiger partial charge < -0.3 is 15.7 Å². The van der Waals surface area contributed by atoms with Crippen molar-refractivity contribution in [3.8, 4) is 0 Å². The summed E-state index contributed by atoms with van der Waals surface area (Å²) in [7, 11) is 0. The molecule has 0 aliphatic carbocycles. The quantitative estimate of drug-likeness (QED) is 0.665. The van der Waals surface area contributed by atoms with Crippen LogP contribution in [-0.4, -0.2) is 36.1 Å². The molecule has 0 saturated carbocycles. The number of amides is 2. The standard InChI is InChI=1S/C14H19ClN2O3/c1-10(18)3-2-8-16-13(19)9-17-14(20)11-4-6-12(15)7-5-11/h4-7,10,18H,2-3,8-9H2,1H3,(H,16,19)(H,17,20). The lowest BCUT2D eigenvalue weighted by Gasteiger charge is -2.08. The molecule has 5 nitrogen and oxygen atoms in total. The molecule has 1 aromatic rings. The molecule has 3 N–H and O–H groups in total. The first-order chi connectivity index (χ1) is 9.49. The van der Waals surface area contributed by atoms with Crippen LogP contribution in [0.3, 0.4) is 0 Å². The summed E-state index contributed by atoms with van der Waals surface area (Å²) in [4.78, 5) is 23.2. The van der Waals surface area contributed by atoms with Gasteiger partial charge in [0, 0.05) is 17.1 Å². The summed E-state index contributed by atoms with van der Waals surface area (Å²) in [5.74, 6) is -0.571. The molecule has 6 heteroatoms. The molecule has 20 heavy (non-hydrogen) atoms. The molecule has 110 valence electrons. The third-order valence-corrected chi connectivity index (χ3v) is 2.89. The van der Waals surface area contributed by atoms with Crippen LogP contribution in [-0.2, 0) is 4.79 Å². The van der Waals surface area contributed by atoms with Gasteiger partial charge in [-0.3, -0.25) is 9.59 Å². The molecule has 0 radical (unpaired) electrons. The Morgan fingerprint density at radius 3 is 2.50 bits per heavy atom. The smallest absolute Gasteiger partial charge is 0.251 e. The van der Waals surface area contributed by atoms with Gasteiger partial charge in [0.05, 0.1) is 12.6 Å². The predicted octanol–water partition coefficient (Wildman–Crippen LogP) is 1.35. The van der Waals surface area contributed by atoms with E-state index in [1.165, 1.54) is 0 Å². The van der Waals surface area contributed by atoms with Crippen LogP contribution in [0.5, 0.6) is 0 Å². The lowest BCUT2D eigenvalue weighted by molar-refractivity contribution is -0.120. The van der Waals surface area contributed by atoms with Gasteiger partial charge in [0.25, 0.3) is 5.91 Å². The van der Waals surface area contributed by atoms with Crippen molar-refractivity contribution >= 4 is 23.4 Å². The van der Waals surface area contributed by atoms with Gasteiger partial charge in [0.2, 0.25) is 5.91 Å². The predicted molar refractivity (Wildman–Crippen MR) is 77.7 cm³/mol. The van der Waals surface area contributed by atoms with Crippen molar-refractivity contribution in [1.82, 2.24) is 10.6 Å². The van der Waals surface area contributed by atoms with E-state index < -0.39 is 0 Å². The first kappa shape index (κ1) is 16.5. The summed E-state index contributed by atoms with van der Waals surface area (Å²) in [5.41, 5.74) is 0.455. The van der Waals surface area contributed by atoms with Crippen molar-refractivity contribution in [1.29, 1.82) is 0 Å². The van der Waals surface area contributed by atoms with E-state index in [0.717, 1.165) is 0 Å². The molecule has 0 bridgehead atoms. The summed E-state index contributed by atoms with van der Waals surface area (Å²) >= 11 is 5.72. The first-order valence-corrected chi connectivity index (χ1v) is 6.85. The fraction of sp³-hybridized carbons (Fsp3) is 0.429. The zero-order valence-electron chi connectivity index (χ0n) is 11.4. The highest BCUT2D eigenvalue weighted by Crippen LogP contribution is 2.09. The van der Waals surface area contributed by atoms with Crippen LogP contribution >= 0.6 is 11.6 Å². The van der Waals surface area contributed by atoms with E-state index in [0.29, 0.717) is 30.0 Å². The highest BCUT2D eigenvalue weighted by molar-refractivity contribution is 6.30. The molecule has 0 heterocycles. The van der Waals surface area contributed by atoms with Crippen LogP contribution in [0, 0.1) is 0 Å². The lowest BCUT2D eigenvalue weighted by Crippen LogP contribution is -2.37. The number of aliphatic hydroxyl groups is 1. The second-order valence-electron chi connectivity index (χ2n) is 4.53. The minimum Gasteiger partial charge on any atom is -0.393 e. The normalized spacial score (nSPS) is 11.8. The molecular formula is C14H19ClN2O3. The number of carbonyl (C=O) groups is 2. The molecule has 0 aliphatic rings. The van der Waals surface area contributed by atoms with Crippen molar-refractivity contribution < 1.29 is 14.7 Å². The zero-order chi connectivity index (χ0) is 15.0. The number of hydrogen-bond donors (Lipinski definition) is 3. The van der Waals surface area contributed by atoms with Crippen LogP contribution in [0.2, 0.25) is 5.02 Å². The topological polar surface area (TPSA) is 78.4 Å². The maximum absolute atomic E-state index is 11.7. The van der Waals surface area contributed by atoms with E-state index in [9.17, 15) is 9.59 Å². The van der Waals surface area contributed by atoms with E-state index in [1.54, 1.807) is 31.2 Å². The fourth-order valence-electron chi connectivity index (χ4n) is 1.55. The Kier molecular flexibility index (Phi) is 7.04. The largest absolute Gasteiger partial charge is 0.393 e. The molecule has 0 fully saturated rings. The number of nitrogens with one attached hydrogen (secondary N) is 2. The van der Waals surface area contributed by atoms with E-state index in [2.05, 4.69) is 10.6 Å². The highest BCUT2D eigenvalue weighted by Gasteiger charge is 2.07. The second kappa shape index (κ2) is 8.55. The Labute approximate surface area is 123 Å². The number of aliphatic hydroxyl groups excluding tert-OH is 1. The van der Waals surface area contributed by atoms with Gasteiger partial charge in [-0.05, 0) is 44.0 Å². The van der Waals surface area contributed by atoms with E-state index in [4.69, 9.17) is 16.7 Å². The Morgan fingerprint density at radius 1 is 1.25 bits per heavy atom. The summed E-state index contributed by atoms with van der Waals surface area (Å²) in [6.45, 7) is 2.12. The maximum atomic E-state index is 11.7. The van der Waals surface area contributed by atoms with Crippen molar-refractivity contribution in [2.45, 2.75) is 25.9 Å². The molecule has 0 spiro atoms.